The second-order valence-corrected chi connectivity index (χ2v) is 6.44. The van der Waals surface area contributed by atoms with Gasteiger partial charge in [-0.2, -0.15) is 0 Å². The average molecular weight is 342 g/mol. The van der Waals surface area contributed by atoms with E-state index in [-0.39, 0.29) is 24.4 Å². The molecule has 0 aromatic heterocycles. The first kappa shape index (κ1) is 18.9. The molecule has 25 heavy (non-hydrogen) atoms. The summed E-state index contributed by atoms with van der Waals surface area (Å²) in [6.45, 7) is 5.72. The Morgan fingerprint density at radius 2 is 1.76 bits per heavy atom. The van der Waals surface area contributed by atoms with Crippen molar-refractivity contribution in [2.75, 3.05) is 6.54 Å². The molecule has 2 aromatic carbocycles. The Hall–Kier alpha value is -2.40. The maximum Gasteiger partial charge on any atom is 0.320 e. The van der Waals surface area contributed by atoms with Gasteiger partial charge in [0, 0.05) is 0 Å². The van der Waals surface area contributed by atoms with Crippen molar-refractivity contribution in [2.45, 2.75) is 39.3 Å². The molecule has 0 aliphatic rings. The lowest BCUT2D eigenvalue weighted by Crippen LogP contribution is -2.46. The van der Waals surface area contributed by atoms with Crippen LogP contribution in [0.4, 0.5) is 0 Å². The van der Waals surface area contributed by atoms with E-state index in [9.17, 15) is 14.7 Å². The van der Waals surface area contributed by atoms with Crippen LogP contribution in [0, 0.1) is 5.92 Å². The standard InChI is InChI=1S/C20H26N2O3/c1-4-13(2)19(20(24)25)21-12-18(23)22-14(3)16-11-7-9-15-8-5-6-10-17(15)16/h5-11,13-14,19,21H,4,12H2,1-3H3,(H,22,23)(H,24,25)/t13-,14?,19-/m0/s1. The molecule has 2 aromatic rings. The van der Waals surface area contributed by atoms with Crippen molar-refractivity contribution in [2.24, 2.45) is 5.92 Å². The van der Waals surface area contributed by atoms with Gasteiger partial charge in [-0.05, 0) is 29.2 Å². The zero-order valence-electron chi connectivity index (χ0n) is 15.0. The molecule has 2 rings (SSSR count). The molecule has 5 nitrogen and oxygen atoms in total. The number of carboxylic acid groups (broad SMARTS) is 1. The molecule has 0 radical (unpaired) electrons. The molecule has 1 unspecified atom stereocenters. The first-order valence-electron chi connectivity index (χ1n) is 8.67. The molecule has 0 bridgehead atoms. The Morgan fingerprint density at radius 1 is 1.08 bits per heavy atom. The number of nitrogens with one attached hydrogen (secondary N) is 2. The van der Waals surface area contributed by atoms with Crippen molar-refractivity contribution in [3.05, 3.63) is 48.0 Å². The molecule has 0 aliphatic carbocycles. The number of carbonyl (C=O) groups excluding carboxylic acids is 1. The van der Waals surface area contributed by atoms with Gasteiger partial charge in [0.15, 0.2) is 0 Å². The van der Waals surface area contributed by atoms with Crippen LogP contribution < -0.4 is 10.6 Å². The van der Waals surface area contributed by atoms with Gasteiger partial charge in [0.05, 0.1) is 12.6 Å². The number of hydrogen-bond acceptors (Lipinski definition) is 3. The van der Waals surface area contributed by atoms with E-state index in [0.717, 1.165) is 22.8 Å². The molecule has 1 amide bonds. The summed E-state index contributed by atoms with van der Waals surface area (Å²) in [5.41, 5.74) is 1.04. The number of carboxylic acids is 1. The first-order chi connectivity index (χ1) is 11.9. The summed E-state index contributed by atoms with van der Waals surface area (Å²) in [5.74, 6) is -1.18. The van der Waals surface area contributed by atoms with Gasteiger partial charge >= 0.3 is 5.97 Å². The van der Waals surface area contributed by atoms with Crippen LogP contribution in [0.2, 0.25) is 0 Å². The molecule has 5 heteroatoms. The van der Waals surface area contributed by atoms with Gasteiger partial charge in [0.2, 0.25) is 5.91 Å². The van der Waals surface area contributed by atoms with Crippen LogP contribution in [0.15, 0.2) is 42.5 Å². The van der Waals surface area contributed by atoms with E-state index in [0.29, 0.717) is 0 Å². The summed E-state index contributed by atoms with van der Waals surface area (Å²) in [6, 6.07) is 13.2. The predicted molar refractivity (Wildman–Crippen MR) is 99.4 cm³/mol. The van der Waals surface area contributed by atoms with Gasteiger partial charge in [-0.1, -0.05) is 62.7 Å². The fraction of sp³-hybridized carbons (Fsp3) is 0.400. The highest BCUT2D eigenvalue weighted by atomic mass is 16.4. The number of aliphatic carboxylic acids is 1. The number of carbonyl (C=O) groups is 2. The maximum absolute atomic E-state index is 12.2. The van der Waals surface area contributed by atoms with Crippen molar-refractivity contribution >= 4 is 22.6 Å². The Balaban J connectivity index is 2.01. The molecule has 0 saturated heterocycles. The van der Waals surface area contributed by atoms with E-state index < -0.39 is 12.0 Å². The molecule has 3 N–H and O–H groups in total. The lowest BCUT2D eigenvalue weighted by Gasteiger charge is -2.21. The highest BCUT2D eigenvalue weighted by Crippen LogP contribution is 2.23. The summed E-state index contributed by atoms with van der Waals surface area (Å²) in [4.78, 5) is 23.5. The highest BCUT2D eigenvalue weighted by molar-refractivity contribution is 5.87. The van der Waals surface area contributed by atoms with Crippen LogP contribution in [-0.4, -0.2) is 29.6 Å². The molecule has 0 heterocycles. The number of benzene rings is 2. The quantitative estimate of drug-likeness (QED) is 0.689. The fourth-order valence-corrected chi connectivity index (χ4v) is 2.97. The van der Waals surface area contributed by atoms with Gasteiger partial charge in [-0.25, -0.2) is 0 Å². The molecular weight excluding hydrogens is 316 g/mol. The van der Waals surface area contributed by atoms with E-state index >= 15 is 0 Å². The van der Waals surface area contributed by atoms with Crippen LogP contribution in [-0.2, 0) is 9.59 Å². The number of hydrogen-bond donors (Lipinski definition) is 3. The Morgan fingerprint density at radius 3 is 2.44 bits per heavy atom. The maximum atomic E-state index is 12.2. The van der Waals surface area contributed by atoms with E-state index in [1.165, 1.54) is 0 Å². The second kappa shape index (κ2) is 8.62. The summed E-state index contributed by atoms with van der Waals surface area (Å²) in [6.07, 6.45) is 0.734. The smallest absolute Gasteiger partial charge is 0.320 e. The summed E-state index contributed by atoms with van der Waals surface area (Å²) < 4.78 is 0. The third-order valence-corrected chi connectivity index (χ3v) is 4.63. The third kappa shape index (κ3) is 4.79. The normalized spacial score (nSPS) is 14.7. The van der Waals surface area contributed by atoms with Gasteiger partial charge in [-0.3, -0.25) is 14.9 Å². The van der Waals surface area contributed by atoms with Crippen LogP contribution in [0.1, 0.15) is 38.8 Å². The zero-order chi connectivity index (χ0) is 18.4. The summed E-state index contributed by atoms with van der Waals surface area (Å²) in [7, 11) is 0. The van der Waals surface area contributed by atoms with E-state index in [4.69, 9.17) is 0 Å². The van der Waals surface area contributed by atoms with Crippen molar-refractivity contribution in [1.82, 2.24) is 10.6 Å². The lowest BCUT2D eigenvalue weighted by molar-refractivity contribution is -0.141. The molecule has 0 saturated carbocycles. The Kier molecular flexibility index (Phi) is 6.53. The Labute approximate surface area is 148 Å². The van der Waals surface area contributed by atoms with Gasteiger partial charge in [-0.15, -0.1) is 0 Å². The van der Waals surface area contributed by atoms with Crippen molar-refractivity contribution in [3.63, 3.8) is 0 Å². The molecule has 3 atom stereocenters. The van der Waals surface area contributed by atoms with Crippen LogP contribution >= 0.6 is 0 Å². The minimum Gasteiger partial charge on any atom is -0.480 e. The molecule has 0 spiro atoms. The fourth-order valence-electron chi connectivity index (χ4n) is 2.97. The predicted octanol–water partition coefficient (Wildman–Crippen LogP) is 3.11. The lowest BCUT2D eigenvalue weighted by atomic mass is 9.99. The number of rotatable bonds is 8. The Bertz CT molecular complexity index is 739. The monoisotopic (exact) mass is 342 g/mol. The third-order valence-electron chi connectivity index (χ3n) is 4.63. The van der Waals surface area contributed by atoms with Crippen molar-refractivity contribution in [3.8, 4) is 0 Å². The van der Waals surface area contributed by atoms with Crippen molar-refractivity contribution in [1.29, 1.82) is 0 Å². The van der Waals surface area contributed by atoms with Gasteiger partial charge in [0.25, 0.3) is 0 Å². The summed E-state index contributed by atoms with van der Waals surface area (Å²) >= 11 is 0. The SMILES string of the molecule is CC[C@H](C)[C@H](NCC(=O)NC(C)c1cccc2ccccc12)C(=O)O. The van der Waals surface area contributed by atoms with E-state index in [1.807, 2.05) is 63.2 Å². The van der Waals surface area contributed by atoms with Gasteiger partial charge < -0.3 is 10.4 Å². The van der Waals surface area contributed by atoms with Crippen LogP contribution in [0.25, 0.3) is 10.8 Å². The van der Waals surface area contributed by atoms with Crippen LogP contribution in [0.5, 0.6) is 0 Å². The van der Waals surface area contributed by atoms with Crippen LogP contribution in [0.3, 0.4) is 0 Å². The number of fused-ring (bicyclic) bond motifs is 1. The highest BCUT2D eigenvalue weighted by Gasteiger charge is 2.23. The second-order valence-electron chi connectivity index (χ2n) is 6.44. The topological polar surface area (TPSA) is 78.4 Å². The minimum atomic E-state index is -0.927. The van der Waals surface area contributed by atoms with Crippen molar-refractivity contribution < 1.29 is 14.7 Å². The number of amides is 1. The first-order valence-corrected chi connectivity index (χ1v) is 8.67. The average Bonchev–Trinajstić information content (AvgIpc) is 2.60. The largest absolute Gasteiger partial charge is 0.480 e. The van der Waals surface area contributed by atoms with E-state index in [1.54, 1.807) is 0 Å². The summed E-state index contributed by atoms with van der Waals surface area (Å²) in [5, 5.41) is 17.3. The molecule has 0 fully saturated rings. The van der Waals surface area contributed by atoms with Gasteiger partial charge in [0.1, 0.15) is 6.04 Å². The minimum absolute atomic E-state index is 0.0174. The zero-order valence-corrected chi connectivity index (χ0v) is 15.0. The molecule has 134 valence electrons. The molecular formula is C20H26N2O3. The molecule has 0 aliphatic heterocycles. The van der Waals surface area contributed by atoms with E-state index in [2.05, 4.69) is 10.6 Å².